The summed E-state index contributed by atoms with van der Waals surface area (Å²) in [4.78, 5) is 42.1. The summed E-state index contributed by atoms with van der Waals surface area (Å²) < 4.78 is 0. The topological polar surface area (TPSA) is 112 Å². The zero-order chi connectivity index (χ0) is 22.1. The fourth-order valence-corrected chi connectivity index (χ4v) is 3.93. The minimum atomic E-state index is -0.563. The Hall–Kier alpha value is -3.55. The van der Waals surface area contributed by atoms with E-state index in [4.69, 9.17) is 0 Å². The molecule has 0 unspecified atom stereocenters. The standard InChI is InChI=1S/C24H26N6O2/c1-25-10-14-3-2-4-15(9-14)11-28-24(32)20(17-7-8-17)30-23(31)18-12-26-22-21(18)29-19(13-27-22)16-5-6-16/h2-4,9-10,12-13,16-17,20H,5-8,11H2,1H3,(H,26,27)(H,28,32)(H,30,31)/b25-10+/t20-/m1/s1. The molecular formula is C24H26N6O2. The van der Waals surface area contributed by atoms with E-state index >= 15 is 0 Å². The van der Waals surface area contributed by atoms with Gasteiger partial charge in [-0.15, -0.1) is 0 Å². The third-order valence-corrected chi connectivity index (χ3v) is 6.00. The molecule has 164 valence electrons. The molecule has 0 bridgehead atoms. The molecule has 3 N–H and O–H groups in total. The number of hydrogen-bond donors (Lipinski definition) is 3. The average Bonchev–Trinajstić information content (AvgIpc) is 3.73. The highest BCUT2D eigenvalue weighted by molar-refractivity contribution is 6.06. The van der Waals surface area contributed by atoms with Crippen molar-refractivity contribution in [3.05, 3.63) is 59.0 Å². The van der Waals surface area contributed by atoms with E-state index in [1.54, 1.807) is 25.7 Å². The van der Waals surface area contributed by atoms with Gasteiger partial charge >= 0.3 is 0 Å². The molecule has 1 aromatic carbocycles. The first-order valence-corrected chi connectivity index (χ1v) is 11.1. The summed E-state index contributed by atoms with van der Waals surface area (Å²) in [5.74, 6) is 0.146. The molecule has 2 heterocycles. The van der Waals surface area contributed by atoms with E-state index in [1.807, 2.05) is 24.3 Å². The molecule has 32 heavy (non-hydrogen) atoms. The van der Waals surface area contributed by atoms with Crippen molar-refractivity contribution < 1.29 is 9.59 Å². The van der Waals surface area contributed by atoms with E-state index in [0.29, 0.717) is 29.2 Å². The first-order chi connectivity index (χ1) is 15.6. The molecule has 2 fully saturated rings. The SMILES string of the molecule is C/N=C/c1cccc(CNC(=O)[C@H](NC(=O)c2c[nH]c3ncc(C4CC4)nc23)C2CC2)c1. The van der Waals surface area contributed by atoms with Gasteiger partial charge in [-0.1, -0.05) is 18.2 Å². The summed E-state index contributed by atoms with van der Waals surface area (Å²) in [6.07, 6.45) is 9.27. The molecule has 8 nitrogen and oxygen atoms in total. The summed E-state index contributed by atoms with van der Waals surface area (Å²) in [5.41, 5.74) is 4.48. The highest BCUT2D eigenvalue weighted by atomic mass is 16.2. The summed E-state index contributed by atoms with van der Waals surface area (Å²) in [6, 6.07) is 7.28. The molecule has 2 saturated carbocycles. The number of nitrogens with zero attached hydrogens (tertiary/aromatic N) is 3. The summed E-state index contributed by atoms with van der Waals surface area (Å²) in [7, 11) is 1.73. The number of aromatic amines is 1. The molecular weight excluding hydrogens is 404 g/mol. The largest absolute Gasteiger partial charge is 0.350 e. The smallest absolute Gasteiger partial charge is 0.255 e. The first kappa shape index (κ1) is 20.4. The van der Waals surface area contributed by atoms with E-state index in [-0.39, 0.29) is 17.7 Å². The number of benzene rings is 1. The number of carbonyl (C=O) groups is 2. The Balaban J connectivity index is 1.28. The number of aromatic nitrogens is 3. The molecule has 1 atom stereocenters. The normalized spacial score (nSPS) is 16.9. The van der Waals surface area contributed by atoms with E-state index in [0.717, 1.165) is 42.5 Å². The van der Waals surface area contributed by atoms with Crippen LogP contribution in [0.25, 0.3) is 11.2 Å². The Morgan fingerprint density at radius 3 is 2.88 bits per heavy atom. The lowest BCUT2D eigenvalue weighted by molar-refractivity contribution is -0.123. The lowest BCUT2D eigenvalue weighted by Crippen LogP contribution is -2.47. The zero-order valence-corrected chi connectivity index (χ0v) is 18.0. The summed E-state index contributed by atoms with van der Waals surface area (Å²) in [6.45, 7) is 0.395. The van der Waals surface area contributed by atoms with Gasteiger partial charge in [0.15, 0.2) is 5.65 Å². The van der Waals surface area contributed by atoms with Crippen molar-refractivity contribution in [1.82, 2.24) is 25.6 Å². The molecule has 0 aliphatic heterocycles. The van der Waals surface area contributed by atoms with Crippen molar-refractivity contribution in [2.45, 2.75) is 44.2 Å². The van der Waals surface area contributed by atoms with Crippen LogP contribution in [0.2, 0.25) is 0 Å². The van der Waals surface area contributed by atoms with E-state index in [9.17, 15) is 9.59 Å². The number of amides is 2. The van der Waals surface area contributed by atoms with Gasteiger partial charge in [-0.05, 0) is 48.8 Å². The molecule has 2 aromatic heterocycles. The third-order valence-electron chi connectivity index (χ3n) is 6.00. The molecule has 0 spiro atoms. The molecule has 2 amide bonds. The number of fused-ring (bicyclic) bond motifs is 1. The maximum Gasteiger partial charge on any atom is 0.255 e. The van der Waals surface area contributed by atoms with E-state index in [1.165, 1.54) is 0 Å². The van der Waals surface area contributed by atoms with Crippen molar-refractivity contribution >= 4 is 29.2 Å². The van der Waals surface area contributed by atoms with Crippen LogP contribution in [0.1, 0.15) is 58.8 Å². The van der Waals surface area contributed by atoms with Crippen LogP contribution in [0.4, 0.5) is 0 Å². The predicted molar refractivity (Wildman–Crippen MR) is 122 cm³/mol. The maximum atomic E-state index is 13.1. The number of nitrogens with one attached hydrogen (secondary N) is 3. The van der Waals surface area contributed by atoms with Crippen LogP contribution >= 0.6 is 0 Å². The van der Waals surface area contributed by atoms with Gasteiger partial charge in [-0.2, -0.15) is 0 Å². The Morgan fingerprint density at radius 2 is 2.12 bits per heavy atom. The van der Waals surface area contributed by atoms with Crippen molar-refractivity contribution in [3.8, 4) is 0 Å². The Labute approximate surface area is 186 Å². The first-order valence-electron chi connectivity index (χ1n) is 11.1. The lowest BCUT2D eigenvalue weighted by atomic mass is 10.1. The van der Waals surface area contributed by atoms with E-state index in [2.05, 4.69) is 30.6 Å². The number of carbonyl (C=O) groups excluding carboxylic acids is 2. The van der Waals surface area contributed by atoms with Crippen molar-refractivity contribution in [2.24, 2.45) is 10.9 Å². The molecule has 2 aliphatic rings. The quantitative estimate of drug-likeness (QED) is 0.477. The Bertz CT molecular complexity index is 1190. The molecule has 0 saturated heterocycles. The van der Waals surface area contributed by atoms with Gasteiger partial charge in [-0.3, -0.25) is 14.6 Å². The minimum Gasteiger partial charge on any atom is -0.350 e. The maximum absolute atomic E-state index is 13.1. The second-order valence-electron chi connectivity index (χ2n) is 8.61. The molecule has 0 radical (unpaired) electrons. The third kappa shape index (κ3) is 4.39. The van der Waals surface area contributed by atoms with Crippen LogP contribution in [-0.2, 0) is 11.3 Å². The van der Waals surface area contributed by atoms with Gasteiger partial charge in [0.05, 0.1) is 17.5 Å². The number of aliphatic imine (C=N–C) groups is 1. The van der Waals surface area contributed by atoms with Gasteiger partial charge in [0.1, 0.15) is 11.6 Å². The van der Waals surface area contributed by atoms with Crippen molar-refractivity contribution in [1.29, 1.82) is 0 Å². The number of rotatable bonds is 8. The summed E-state index contributed by atoms with van der Waals surface area (Å²) in [5, 5.41) is 5.92. The van der Waals surface area contributed by atoms with Crippen molar-refractivity contribution in [3.63, 3.8) is 0 Å². The Kier molecular flexibility index (Phi) is 5.43. The lowest BCUT2D eigenvalue weighted by Gasteiger charge is -2.18. The fraction of sp³-hybridized carbons (Fsp3) is 0.375. The predicted octanol–water partition coefficient (Wildman–Crippen LogP) is 2.71. The van der Waals surface area contributed by atoms with Gasteiger partial charge < -0.3 is 15.6 Å². The highest BCUT2D eigenvalue weighted by Gasteiger charge is 2.37. The minimum absolute atomic E-state index is 0.163. The highest BCUT2D eigenvalue weighted by Crippen LogP contribution is 2.39. The molecule has 2 aliphatic carbocycles. The van der Waals surface area contributed by atoms with Crippen LogP contribution in [-0.4, -0.2) is 46.1 Å². The average molecular weight is 431 g/mol. The fourth-order valence-electron chi connectivity index (χ4n) is 3.93. The van der Waals surface area contributed by atoms with Crippen LogP contribution in [0, 0.1) is 5.92 Å². The molecule has 5 rings (SSSR count). The molecule has 8 heteroatoms. The molecule has 3 aromatic rings. The second-order valence-corrected chi connectivity index (χ2v) is 8.61. The Morgan fingerprint density at radius 1 is 1.28 bits per heavy atom. The number of H-pyrrole nitrogens is 1. The van der Waals surface area contributed by atoms with Gasteiger partial charge in [0, 0.05) is 31.9 Å². The second kappa shape index (κ2) is 8.53. The van der Waals surface area contributed by atoms with Crippen LogP contribution in [0.15, 0.2) is 41.7 Å². The van der Waals surface area contributed by atoms with Crippen molar-refractivity contribution in [2.75, 3.05) is 7.05 Å². The summed E-state index contributed by atoms with van der Waals surface area (Å²) >= 11 is 0. The van der Waals surface area contributed by atoms with Gasteiger partial charge in [0.2, 0.25) is 5.91 Å². The monoisotopic (exact) mass is 430 g/mol. The van der Waals surface area contributed by atoms with E-state index < -0.39 is 6.04 Å². The van der Waals surface area contributed by atoms with Crippen LogP contribution in [0.3, 0.4) is 0 Å². The van der Waals surface area contributed by atoms with Gasteiger partial charge in [-0.25, -0.2) is 9.97 Å². The number of hydrogen-bond acceptors (Lipinski definition) is 5. The van der Waals surface area contributed by atoms with Crippen LogP contribution < -0.4 is 10.6 Å². The zero-order valence-electron chi connectivity index (χ0n) is 18.0. The van der Waals surface area contributed by atoms with Crippen LogP contribution in [0.5, 0.6) is 0 Å². The van der Waals surface area contributed by atoms with Gasteiger partial charge in [0.25, 0.3) is 5.91 Å².